The van der Waals surface area contributed by atoms with Crippen molar-refractivity contribution in [3.63, 3.8) is 0 Å². The first kappa shape index (κ1) is 13.0. The summed E-state index contributed by atoms with van der Waals surface area (Å²) in [5.41, 5.74) is -0.232. The van der Waals surface area contributed by atoms with Crippen LogP contribution in [-0.2, 0) is 4.74 Å². The van der Waals surface area contributed by atoms with Crippen molar-refractivity contribution in [2.75, 3.05) is 7.11 Å². The number of halogens is 1. The summed E-state index contributed by atoms with van der Waals surface area (Å²) in [7, 11) is 1.15. The molecule has 98 valence electrons. The highest BCUT2D eigenvalue weighted by atomic mass is 35.5. The third-order valence-electron chi connectivity index (χ3n) is 2.17. The molecule has 0 aliphatic heterocycles. The number of benzene rings is 1. The normalized spacial score (nSPS) is 10.2. The van der Waals surface area contributed by atoms with Gasteiger partial charge in [-0.3, -0.25) is 10.1 Å². The van der Waals surface area contributed by atoms with E-state index in [1.165, 1.54) is 12.1 Å². The standard InChI is InChI=1S/C10H6ClN3O5/c1-18-10(15)9-13-12-8(19-9)6-3-2-5(11)4-7(6)14(16)17/h2-4H,1H3. The van der Waals surface area contributed by atoms with E-state index >= 15 is 0 Å². The van der Waals surface area contributed by atoms with E-state index in [2.05, 4.69) is 14.9 Å². The Balaban J connectivity index is 2.50. The van der Waals surface area contributed by atoms with E-state index in [1.807, 2.05) is 0 Å². The molecule has 0 aliphatic carbocycles. The lowest BCUT2D eigenvalue weighted by Gasteiger charge is -1.98. The van der Waals surface area contributed by atoms with E-state index in [1.54, 1.807) is 0 Å². The number of nitrogens with zero attached hydrogens (tertiary/aromatic N) is 3. The highest BCUT2D eigenvalue weighted by Crippen LogP contribution is 2.31. The summed E-state index contributed by atoms with van der Waals surface area (Å²) in [5, 5.41) is 18.1. The molecule has 1 aromatic heterocycles. The Kier molecular flexibility index (Phi) is 3.43. The van der Waals surface area contributed by atoms with Crippen LogP contribution in [0.3, 0.4) is 0 Å². The van der Waals surface area contributed by atoms with Crippen molar-refractivity contribution in [3.8, 4) is 11.5 Å². The van der Waals surface area contributed by atoms with Crippen molar-refractivity contribution in [2.24, 2.45) is 0 Å². The molecule has 19 heavy (non-hydrogen) atoms. The lowest BCUT2D eigenvalue weighted by Crippen LogP contribution is -2.00. The fourth-order valence-corrected chi connectivity index (χ4v) is 1.50. The second-order valence-corrected chi connectivity index (χ2v) is 3.76. The van der Waals surface area contributed by atoms with Crippen molar-refractivity contribution in [1.29, 1.82) is 0 Å². The van der Waals surface area contributed by atoms with Gasteiger partial charge in [0.15, 0.2) is 0 Å². The molecular formula is C10H6ClN3O5. The predicted molar refractivity (Wildman–Crippen MR) is 62.7 cm³/mol. The van der Waals surface area contributed by atoms with Gasteiger partial charge in [-0.1, -0.05) is 11.6 Å². The summed E-state index contributed by atoms with van der Waals surface area (Å²) >= 11 is 5.68. The number of nitro groups is 1. The molecule has 0 amide bonds. The van der Waals surface area contributed by atoms with Gasteiger partial charge in [0, 0.05) is 11.1 Å². The molecule has 0 spiro atoms. The van der Waals surface area contributed by atoms with Crippen LogP contribution in [0.4, 0.5) is 5.69 Å². The van der Waals surface area contributed by atoms with Crippen molar-refractivity contribution in [3.05, 3.63) is 39.2 Å². The third kappa shape index (κ3) is 2.52. The number of methoxy groups -OCH3 is 1. The first-order valence-corrected chi connectivity index (χ1v) is 5.27. The van der Waals surface area contributed by atoms with Crippen LogP contribution in [0.2, 0.25) is 5.02 Å². The van der Waals surface area contributed by atoms with Crippen molar-refractivity contribution in [1.82, 2.24) is 10.2 Å². The lowest BCUT2D eigenvalue weighted by atomic mass is 10.2. The minimum Gasteiger partial charge on any atom is -0.462 e. The fourth-order valence-electron chi connectivity index (χ4n) is 1.34. The Morgan fingerprint density at radius 1 is 1.47 bits per heavy atom. The summed E-state index contributed by atoms with van der Waals surface area (Å²) in [6.07, 6.45) is 0. The average molecular weight is 284 g/mol. The Morgan fingerprint density at radius 2 is 2.21 bits per heavy atom. The first-order valence-electron chi connectivity index (χ1n) is 4.89. The SMILES string of the molecule is COC(=O)c1nnc(-c2ccc(Cl)cc2[N+](=O)[O-])o1. The molecule has 0 atom stereocenters. The van der Waals surface area contributed by atoms with E-state index in [9.17, 15) is 14.9 Å². The van der Waals surface area contributed by atoms with Gasteiger partial charge in [0.1, 0.15) is 5.56 Å². The monoisotopic (exact) mass is 283 g/mol. The van der Waals surface area contributed by atoms with Crippen LogP contribution >= 0.6 is 11.6 Å². The average Bonchev–Trinajstić information content (AvgIpc) is 2.87. The number of rotatable bonds is 3. The molecule has 9 heteroatoms. The third-order valence-corrected chi connectivity index (χ3v) is 2.41. The number of esters is 1. The summed E-state index contributed by atoms with van der Waals surface area (Å²) < 4.78 is 9.40. The molecule has 0 N–H and O–H groups in total. The van der Waals surface area contributed by atoms with Crippen LogP contribution in [0, 0.1) is 10.1 Å². The maximum absolute atomic E-state index is 11.2. The Labute approximate surface area is 111 Å². The summed E-state index contributed by atoms with van der Waals surface area (Å²) in [6.45, 7) is 0. The zero-order valence-corrected chi connectivity index (χ0v) is 10.2. The number of aromatic nitrogens is 2. The van der Waals surface area contributed by atoms with Crippen LogP contribution in [-0.4, -0.2) is 28.2 Å². The van der Waals surface area contributed by atoms with Gasteiger partial charge in [-0.15, -0.1) is 10.2 Å². The van der Waals surface area contributed by atoms with Crippen LogP contribution < -0.4 is 0 Å². The maximum atomic E-state index is 11.2. The fraction of sp³-hybridized carbons (Fsp3) is 0.100. The Morgan fingerprint density at radius 3 is 2.84 bits per heavy atom. The number of hydrogen-bond acceptors (Lipinski definition) is 7. The van der Waals surface area contributed by atoms with E-state index in [0.717, 1.165) is 13.2 Å². The van der Waals surface area contributed by atoms with E-state index in [0.29, 0.717) is 0 Å². The van der Waals surface area contributed by atoms with Gasteiger partial charge in [-0.2, -0.15) is 0 Å². The van der Waals surface area contributed by atoms with Gasteiger partial charge in [0.05, 0.1) is 12.0 Å². The molecule has 0 radical (unpaired) electrons. The van der Waals surface area contributed by atoms with E-state index < -0.39 is 10.9 Å². The van der Waals surface area contributed by atoms with Gasteiger partial charge >= 0.3 is 11.9 Å². The number of ether oxygens (including phenoxy) is 1. The topological polar surface area (TPSA) is 108 Å². The maximum Gasteiger partial charge on any atom is 0.396 e. The minimum atomic E-state index is -0.824. The zero-order chi connectivity index (χ0) is 14.0. The van der Waals surface area contributed by atoms with Crippen molar-refractivity contribution in [2.45, 2.75) is 0 Å². The minimum absolute atomic E-state index is 0.0667. The molecule has 0 fully saturated rings. The molecule has 2 aromatic rings. The van der Waals surface area contributed by atoms with Gasteiger partial charge in [-0.05, 0) is 12.1 Å². The molecule has 8 nitrogen and oxygen atoms in total. The number of carbonyl (C=O) groups is 1. The smallest absolute Gasteiger partial charge is 0.396 e. The van der Waals surface area contributed by atoms with Gasteiger partial charge in [0.2, 0.25) is 0 Å². The highest BCUT2D eigenvalue weighted by molar-refractivity contribution is 6.30. The molecule has 1 aromatic carbocycles. The second kappa shape index (κ2) is 5.02. The molecular weight excluding hydrogens is 278 g/mol. The molecule has 0 saturated carbocycles. The highest BCUT2D eigenvalue weighted by Gasteiger charge is 2.23. The summed E-state index contributed by atoms with van der Waals surface area (Å²) in [5.74, 6) is -1.37. The first-order chi connectivity index (χ1) is 9.02. The van der Waals surface area contributed by atoms with Crippen molar-refractivity contribution < 1.29 is 18.9 Å². The van der Waals surface area contributed by atoms with Crippen LogP contribution in [0.5, 0.6) is 0 Å². The molecule has 0 bridgehead atoms. The second-order valence-electron chi connectivity index (χ2n) is 3.32. The van der Waals surface area contributed by atoms with Crippen LogP contribution in [0.1, 0.15) is 10.7 Å². The van der Waals surface area contributed by atoms with Crippen LogP contribution in [0.15, 0.2) is 22.6 Å². The van der Waals surface area contributed by atoms with Gasteiger partial charge in [-0.25, -0.2) is 4.79 Å². The lowest BCUT2D eigenvalue weighted by molar-refractivity contribution is -0.384. The number of carbonyl (C=O) groups excluding carboxylic acids is 1. The van der Waals surface area contributed by atoms with Crippen molar-refractivity contribution >= 4 is 23.3 Å². The zero-order valence-electron chi connectivity index (χ0n) is 9.49. The van der Waals surface area contributed by atoms with E-state index in [4.69, 9.17) is 16.0 Å². The summed E-state index contributed by atoms with van der Waals surface area (Å²) in [4.78, 5) is 21.4. The molecule has 2 rings (SSSR count). The molecule has 1 heterocycles. The van der Waals surface area contributed by atoms with Gasteiger partial charge < -0.3 is 9.15 Å². The molecule has 0 saturated heterocycles. The van der Waals surface area contributed by atoms with Gasteiger partial charge in [0.25, 0.3) is 11.6 Å². The molecule has 0 unspecified atom stereocenters. The number of nitro benzene ring substituents is 1. The van der Waals surface area contributed by atoms with Crippen LogP contribution in [0.25, 0.3) is 11.5 Å². The Bertz CT molecular complexity index is 654. The largest absolute Gasteiger partial charge is 0.462 e. The summed E-state index contributed by atoms with van der Waals surface area (Å²) in [6, 6.07) is 3.94. The Hall–Kier alpha value is -2.48. The molecule has 0 aliphatic rings. The quantitative estimate of drug-likeness (QED) is 0.482. The number of hydrogen-bond donors (Lipinski definition) is 0. The predicted octanol–water partition coefficient (Wildman–Crippen LogP) is 2.08. The van der Waals surface area contributed by atoms with E-state index in [-0.39, 0.29) is 28.1 Å².